The first kappa shape index (κ1) is 20.0. The fourth-order valence-electron chi connectivity index (χ4n) is 5.72. The Balaban J connectivity index is 1.51. The van der Waals surface area contributed by atoms with Crippen molar-refractivity contribution in [3.8, 4) is 20.9 Å². The predicted molar refractivity (Wildman–Crippen MR) is 146 cm³/mol. The summed E-state index contributed by atoms with van der Waals surface area (Å²) in [6.07, 6.45) is 11.9. The normalized spacial score (nSPS) is 16.4. The van der Waals surface area contributed by atoms with Gasteiger partial charge in [-0.25, -0.2) is 0 Å². The molecule has 5 aromatic rings. The van der Waals surface area contributed by atoms with Crippen molar-refractivity contribution in [2.45, 2.75) is 64.7 Å². The molecule has 0 spiro atoms. The second-order valence-corrected chi connectivity index (χ2v) is 13.8. The van der Waals surface area contributed by atoms with Crippen molar-refractivity contribution in [1.29, 1.82) is 0 Å². The van der Waals surface area contributed by atoms with Crippen LogP contribution < -0.4 is 0 Å². The third-order valence-corrected chi connectivity index (χ3v) is 11.8. The molecule has 0 unspecified atom stereocenters. The highest BCUT2D eigenvalue weighted by Gasteiger charge is 2.24. The Morgan fingerprint density at radius 1 is 0.625 bits per heavy atom. The molecule has 1 aromatic carbocycles. The minimum Gasteiger partial charge on any atom is -0.143 e. The molecular weight excluding hydrogens is 465 g/mol. The fourth-order valence-corrected chi connectivity index (χ4v) is 10.6. The van der Waals surface area contributed by atoms with E-state index in [0.29, 0.717) is 0 Å². The smallest absolute Gasteiger partial charge is 0.0445 e. The zero-order valence-electron chi connectivity index (χ0n) is 18.4. The Morgan fingerprint density at radius 3 is 2.00 bits per heavy atom. The zero-order chi connectivity index (χ0) is 21.2. The van der Waals surface area contributed by atoms with Crippen molar-refractivity contribution in [3.63, 3.8) is 0 Å². The highest BCUT2D eigenvalue weighted by Crippen LogP contribution is 2.52. The van der Waals surface area contributed by atoms with E-state index in [0.717, 1.165) is 0 Å². The quantitative estimate of drug-likeness (QED) is 0.216. The van der Waals surface area contributed by atoms with E-state index < -0.39 is 0 Å². The second-order valence-electron chi connectivity index (χ2n) is 9.40. The van der Waals surface area contributed by atoms with E-state index >= 15 is 0 Å². The maximum atomic E-state index is 2.55. The van der Waals surface area contributed by atoms with Gasteiger partial charge in [0.1, 0.15) is 0 Å². The lowest BCUT2D eigenvalue weighted by atomic mass is 9.96. The highest BCUT2D eigenvalue weighted by molar-refractivity contribution is 7.23. The van der Waals surface area contributed by atoms with Crippen LogP contribution >= 0.6 is 45.3 Å². The lowest BCUT2D eigenvalue weighted by molar-refractivity contribution is 0.697. The number of benzene rings is 1. The Labute approximate surface area is 205 Å². The van der Waals surface area contributed by atoms with Crippen LogP contribution in [0.15, 0.2) is 29.6 Å². The second kappa shape index (κ2) is 7.80. The first-order valence-corrected chi connectivity index (χ1v) is 15.3. The maximum absolute atomic E-state index is 2.55. The predicted octanol–water partition coefficient (Wildman–Crippen LogP) is 10.0. The van der Waals surface area contributed by atoms with Gasteiger partial charge in [-0.2, -0.15) is 0 Å². The van der Waals surface area contributed by atoms with Gasteiger partial charge in [0.05, 0.1) is 0 Å². The third kappa shape index (κ3) is 3.10. The summed E-state index contributed by atoms with van der Waals surface area (Å²) in [7, 11) is 0. The van der Waals surface area contributed by atoms with Crippen LogP contribution in [0, 0.1) is 6.92 Å². The summed E-state index contributed by atoms with van der Waals surface area (Å²) in [4.78, 5) is 7.73. The molecule has 0 amide bonds. The van der Waals surface area contributed by atoms with Crippen LogP contribution in [0.4, 0.5) is 0 Å². The Kier molecular flexibility index (Phi) is 4.87. The monoisotopic (exact) mass is 490 g/mol. The molecule has 0 radical (unpaired) electrons. The molecule has 0 nitrogen and oxygen atoms in total. The van der Waals surface area contributed by atoms with E-state index in [9.17, 15) is 0 Å². The molecule has 0 saturated carbocycles. The van der Waals surface area contributed by atoms with E-state index in [-0.39, 0.29) is 0 Å². The number of hydrogen-bond acceptors (Lipinski definition) is 4. The van der Waals surface area contributed by atoms with E-state index in [4.69, 9.17) is 0 Å². The molecule has 162 valence electrons. The summed E-state index contributed by atoms with van der Waals surface area (Å²) < 4.78 is 3.00. The minimum atomic E-state index is 1.27. The zero-order valence-corrected chi connectivity index (χ0v) is 21.6. The van der Waals surface area contributed by atoms with Gasteiger partial charge in [0.2, 0.25) is 0 Å². The van der Waals surface area contributed by atoms with Gasteiger partial charge in [-0.15, -0.1) is 45.3 Å². The molecule has 2 aliphatic carbocycles. The van der Waals surface area contributed by atoms with E-state index in [1.165, 1.54) is 104 Å². The first-order chi connectivity index (χ1) is 15.8. The van der Waals surface area contributed by atoms with Gasteiger partial charge >= 0.3 is 0 Å². The van der Waals surface area contributed by atoms with Gasteiger partial charge in [0.25, 0.3) is 0 Å². The maximum Gasteiger partial charge on any atom is 0.0445 e. The summed E-state index contributed by atoms with van der Waals surface area (Å²) in [5.74, 6) is 0. The van der Waals surface area contributed by atoms with Gasteiger partial charge in [-0.3, -0.25) is 0 Å². The Morgan fingerprint density at radius 2 is 1.25 bits per heavy atom. The lowest BCUT2D eigenvalue weighted by Gasteiger charge is -2.10. The summed E-state index contributed by atoms with van der Waals surface area (Å²) >= 11 is 8.10. The molecule has 0 aliphatic heterocycles. The van der Waals surface area contributed by atoms with Gasteiger partial charge in [-0.05, 0) is 99.1 Å². The SMILES string of the molecule is Cc1cc2c(-c3cc4c(s3)CCCC4)c3sccc3c(-c3cc4c(s3)CCCCC4)c2s1. The summed E-state index contributed by atoms with van der Waals surface area (Å²) in [5.41, 5.74) is 6.27. The number of aryl methyl sites for hydroxylation is 5. The molecule has 0 saturated heterocycles. The minimum absolute atomic E-state index is 1.27. The van der Waals surface area contributed by atoms with Crippen LogP contribution in [0.2, 0.25) is 0 Å². The first-order valence-electron chi connectivity index (χ1n) is 11.9. The highest BCUT2D eigenvalue weighted by atomic mass is 32.1. The lowest BCUT2D eigenvalue weighted by Crippen LogP contribution is -1.96. The van der Waals surface area contributed by atoms with Gasteiger partial charge in [0, 0.05) is 55.7 Å². The van der Waals surface area contributed by atoms with Crippen LogP contribution in [0.1, 0.15) is 57.9 Å². The number of rotatable bonds is 2. The molecule has 0 bridgehead atoms. The van der Waals surface area contributed by atoms with Crippen molar-refractivity contribution in [1.82, 2.24) is 0 Å². The van der Waals surface area contributed by atoms with E-state index in [1.807, 2.05) is 22.7 Å². The molecule has 0 atom stereocenters. The molecule has 4 heteroatoms. The average molecular weight is 491 g/mol. The van der Waals surface area contributed by atoms with Crippen LogP contribution in [0.25, 0.3) is 41.1 Å². The number of hydrogen-bond donors (Lipinski definition) is 0. The summed E-state index contributed by atoms with van der Waals surface area (Å²) in [6.45, 7) is 2.29. The molecule has 7 rings (SSSR count). The number of thiophene rings is 4. The van der Waals surface area contributed by atoms with Crippen LogP contribution in [0.5, 0.6) is 0 Å². The molecular formula is C28H26S4. The average Bonchev–Trinajstić information content (AvgIpc) is 3.55. The van der Waals surface area contributed by atoms with Gasteiger partial charge in [-0.1, -0.05) is 6.42 Å². The number of fused-ring (bicyclic) bond motifs is 4. The van der Waals surface area contributed by atoms with E-state index in [1.54, 1.807) is 20.9 Å². The molecule has 4 aromatic heterocycles. The molecule has 0 N–H and O–H groups in total. The van der Waals surface area contributed by atoms with Crippen molar-refractivity contribution in [2.24, 2.45) is 0 Å². The Bertz CT molecular complexity index is 1420. The Hall–Kier alpha value is -1.46. The molecule has 32 heavy (non-hydrogen) atoms. The van der Waals surface area contributed by atoms with Crippen molar-refractivity contribution < 1.29 is 0 Å². The standard InChI is InChI=1S/C28H26S4/c1-16-13-20-26(24-15-18-8-5-6-10-22(18)32-24)27-19(11-12-29-27)25(28(20)30-16)23-14-17-7-3-2-4-9-21(17)31-23/h11-15H,2-10H2,1H3. The van der Waals surface area contributed by atoms with Crippen molar-refractivity contribution in [3.05, 3.63) is 55.4 Å². The summed E-state index contributed by atoms with van der Waals surface area (Å²) in [6, 6.07) is 9.95. The topological polar surface area (TPSA) is 0 Å². The molecule has 2 aliphatic rings. The van der Waals surface area contributed by atoms with Crippen molar-refractivity contribution in [2.75, 3.05) is 0 Å². The fraction of sp³-hybridized carbons (Fsp3) is 0.357. The van der Waals surface area contributed by atoms with Crippen LogP contribution in [-0.4, -0.2) is 0 Å². The summed E-state index contributed by atoms with van der Waals surface area (Å²) in [5, 5.41) is 5.28. The van der Waals surface area contributed by atoms with Crippen LogP contribution in [-0.2, 0) is 25.7 Å². The molecule has 0 fully saturated rings. The third-order valence-electron chi connectivity index (χ3n) is 7.25. The van der Waals surface area contributed by atoms with Gasteiger partial charge < -0.3 is 0 Å². The van der Waals surface area contributed by atoms with E-state index in [2.05, 4.69) is 59.2 Å². The molecule has 4 heterocycles. The van der Waals surface area contributed by atoms with Gasteiger partial charge in [0.15, 0.2) is 0 Å². The van der Waals surface area contributed by atoms with Crippen molar-refractivity contribution >= 4 is 65.5 Å². The van der Waals surface area contributed by atoms with Crippen LogP contribution in [0.3, 0.4) is 0 Å². The largest absolute Gasteiger partial charge is 0.143 e.